The first-order valence-electron chi connectivity index (χ1n) is 16.4. The van der Waals surface area contributed by atoms with Crippen LogP contribution in [0.4, 0.5) is 4.79 Å². The molecule has 0 aromatic carbocycles. The van der Waals surface area contributed by atoms with Gasteiger partial charge in [-0.2, -0.15) is 0 Å². The van der Waals surface area contributed by atoms with Gasteiger partial charge in [-0.25, -0.2) is 4.79 Å². The van der Waals surface area contributed by atoms with Crippen molar-refractivity contribution < 1.29 is 28.8 Å². The molecule has 12 heteroatoms. The Hall–Kier alpha value is -3.44. The topological polar surface area (TPSA) is 157 Å². The summed E-state index contributed by atoms with van der Waals surface area (Å²) >= 11 is 0. The lowest BCUT2D eigenvalue weighted by Gasteiger charge is -2.39. The van der Waals surface area contributed by atoms with Crippen LogP contribution in [0.3, 0.4) is 0 Å². The zero-order valence-electron chi connectivity index (χ0n) is 30.0. The van der Waals surface area contributed by atoms with Gasteiger partial charge in [0.15, 0.2) is 0 Å². The van der Waals surface area contributed by atoms with E-state index in [0.717, 1.165) is 0 Å². The van der Waals surface area contributed by atoms with Gasteiger partial charge in [0.2, 0.25) is 23.5 Å². The zero-order chi connectivity index (χ0) is 35.5. The molecule has 1 saturated carbocycles. The summed E-state index contributed by atoms with van der Waals surface area (Å²) in [5.74, 6) is -2.81. The monoisotopic (exact) mass is 646 g/mol. The van der Waals surface area contributed by atoms with Crippen molar-refractivity contribution in [3.8, 4) is 0 Å². The van der Waals surface area contributed by atoms with Crippen LogP contribution in [0, 0.1) is 28.1 Å². The Morgan fingerprint density at radius 1 is 0.957 bits per heavy atom. The van der Waals surface area contributed by atoms with Gasteiger partial charge in [0.1, 0.15) is 18.1 Å². The van der Waals surface area contributed by atoms with E-state index in [2.05, 4.69) is 27.8 Å². The molecule has 2 fully saturated rings. The SMILES string of the molecule is C=CCNC(=O)C(=O)C(CCC)NC(=O)C1[C@@H]2[C@H](CN1C(=O)[C@@H](NC(=O)N[C@H](C(=O)N(C)C(C)C)C(C)(C)C)C(C)(C)C)C2(C)C. The van der Waals surface area contributed by atoms with E-state index < -0.39 is 64.5 Å². The standard InChI is InChI=1S/C34H58N6O6/c1-14-16-21(24(41)28(43)35-17-15-2)36-27(42)23-22-20(34(22,11)12)18-40(23)30(45)26(33(8,9)10)38-31(46)37-25(32(5,6)7)29(44)39(13)19(3)4/h15,19-23,25-26H,2,14,16-18H2,1,3-13H3,(H,35,43)(H,36,42)(H2,37,38,46)/t20-,21?,22-,23?,25+,26+/m0/s1. The van der Waals surface area contributed by atoms with Crippen molar-refractivity contribution in [1.29, 1.82) is 0 Å². The smallest absolute Gasteiger partial charge is 0.316 e. The normalized spacial score (nSPS) is 22.1. The van der Waals surface area contributed by atoms with Crippen LogP contribution in [-0.2, 0) is 24.0 Å². The molecule has 2 rings (SSSR count). The molecule has 2 unspecified atom stereocenters. The van der Waals surface area contributed by atoms with Crippen LogP contribution in [-0.4, -0.2) is 95.6 Å². The number of nitrogens with one attached hydrogen (secondary N) is 4. The minimum Gasteiger partial charge on any atom is -0.346 e. The lowest BCUT2D eigenvalue weighted by Crippen LogP contribution is -2.63. The maximum Gasteiger partial charge on any atom is 0.316 e. The number of hydrogen-bond donors (Lipinski definition) is 4. The number of hydrogen-bond acceptors (Lipinski definition) is 6. The fraction of sp³-hybridized carbons (Fsp3) is 0.765. The Bertz CT molecular complexity index is 1200. The number of piperidine rings is 1. The van der Waals surface area contributed by atoms with E-state index in [9.17, 15) is 28.8 Å². The van der Waals surface area contributed by atoms with Gasteiger partial charge < -0.3 is 31.1 Å². The maximum atomic E-state index is 14.3. The first-order chi connectivity index (χ1) is 21.0. The third-order valence-corrected chi connectivity index (χ3v) is 9.50. The highest BCUT2D eigenvalue weighted by molar-refractivity contribution is 6.38. The molecule has 0 spiro atoms. The highest BCUT2D eigenvalue weighted by atomic mass is 16.2. The Morgan fingerprint density at radius 2 is 1.50 bits per heavy atom. The lowest BCUT2D eigenvalue weighted by molar-refractivity contribution is -0.145. The molecule has 4 N–H and O–H groups in total. The molecule has 0 aromatic heterocycles. The number of nitrogens with zero attached hydrogens (tertiary/aromatic N) is 2. The number of likely N-dealkylation sites (N-methyl/N-ethyl adjacent to an activating group) is 1. The number of carbonyl (C=O) groups excluding carboxylic acids is 6. The molecule has 2 aliphatic rings. The van der Waals surface area contributed by atoms with E-state index in [0.29, 0.717) is 13.0 Å². The fourth-order valence-corrected chi connectivity index (χ4v) is 6.26. The van der Waals surface area contributed by atoms with Crippen molar-refractivity contribution in [3.05, 3.63) is 12.7 Å². The Kier molecular flexibility index (Phi) is 12.3. The molecule has 1 aliphatic heterocycles. The Labute approximate surface area is 275 Å². The molecule has 1 heterocycles. The van der Waals surface area contributed by atoms with Crippen molar-refractivity contribution in [3.63, 3.8) is 0 Å². The number of ketones is 1. The molecule has 260 valence electrons. The van der Waals surface area contributed by atoms with Crippen molar-refractivity contribution in [2.75, 3.05) is 20.1 Å². The first-order valence-corrected chi connectivity index (χ1v) is 16.4. The van der Waals surface area contributed by atoms with Gasteiger partial charge in [0.05, 0.1) is 6.04 Å². The predicted molar refractivity (Wildman–Crippen MR) is 177 cm³/mol. The quantitative estimate of drug-likeness (QED) is 0.178. The Morgan fingerprint density at radius 3 is 1.98 bits per heavy atom. The summed E-state index contributed by atoms with van der Waals surface area (Å²) in [6.45, 7) is 24.7. The summed E-state index contributed by atoms with van der Waals surface area (Å²) in [5, 5.41) is 10.9. The van der Waals surface area contributed by atoms with E-state index >= 15 is 0 Å². The van der Waals surface area contributed by atoms with E-state index in [1.165, 1.54) is 11.0 Å². The first kappa shape index (κ1) is 38.7. The summed E-state index contributed by atoms with van der Waals surface area (Å²) in [4.78, 5) is 83.4. The van der Waals surface area contributed by atoms with Gasteiger partial charge >= 0.3 is 6.03 Å². The summed E-state index contributed by atoms with van der Waals surface area (Å²) in [5.41, 5.74) is -1.56. The molecular formula is C34H58N6O6. The second kappa shape index (κ2) is 14.5. The van der Waals surface area contributed by atoms with Crippen LogP contribution in [0.25, 0.3) is 0 Å². The molecule has 46 heavy (non-hydrogen) atoms. The molecule has 1 saturated heterocycles. The highest BCUT2D eigenvalue weighted by Crippen LogP contribution is 2.65. The van der Waals surface area contributed by atoms with Gasteiger partial charge in [-0.15, -0.1) is 6.58 Å². The van der Waals surface area contributed by atoms with Gasteiger partial charge in [0.25, 0.3) is 5.91 Å². The van der Waals surface area contributed by atoms with Gasteiger partial charge in [-0.3, -0.25) is 24.0 Å². The second-order valence-corrected chi connectivity index (χ2v) is 15.9. The number of amides is 6. The summed E-state index contributed by atoms with van der Waals surface area (Å²) < 4.78 is 0. The van der Waals surface area contributed by atoms with E-state index in [1.54, 1.807) is 11.9 Å². The summed E-state index contributed by atoms with van der Waals surface area (Å²) in [6, 6.07) is -4.55. The minimum absolute atomic E-state index is 0.0623. The number of rotatable bonds is 13. The Balaban J connectivity index is 2.35. The minimum atomic E-state index is -1.04. The van der Waals surface area contributed by atoms with Crippen LogP contribution in [0.5, 0.6) is 0 Å². The average molecular weight is 647 g/mol. The van der Waals surface area contributed by atoms with Crippen LogP contribution in [0.1, 0.15) is 89.0 Å². The van der Waals surface area contributed by atoms with Gasteiger partial charge in [-0.05, 0) is 48.3 Å². The molecule has 6 amide bonds. The number of carbonyl (C=O) groups is 6. The second-order valence-electron chi connectivity index (χ2n) is 15.9. The molecular weight excluding hydrogens is 588 g/mol. The van der Waals surface area contributed by atoms with Crippen molar-refractivity contribution in [2.45, 2.75) is 119 Å². The predicted octanol–water partition coefficient (Wildman–Crippen LogP) is 2.62. The summed E-state index contributed by atoms with van der Waals surface area (Å²) in [6.07, 6.45) is 2.27. The molecule has 0 radical (unpaired) electrons. The van der Waals surface area contributed by atoms with Gasteiger partial charge in [-0.1, -0.05) is 74.8 Å². The number of fused-ring (bicyclic) bond motifs is 1. The summed E-state index contributed by atoms with van der Waals surface area (Å²) in [7, 11) is 1.69. The number of Topliss-reactive ketones (excluding diaryl/α,β-unsaturated/α-hetero) is 1. The maximum absolute atomic E-state index is 14.3. The lowest BCUT2D eigenvalue weighted by atomic mass is 9.84. The molecule has 0 bridgehead atoms. The van der Waals surface area contributed by atoms with Crippen LogP contribution >= 0.6 is 0 Å². The fourth-order valence-electron chi connectivity index (χ4n) is 6.26. The molecule has 6 atom stereocenters. The van der Waals surface area contributed by atoms with E-state index in [4.69, 9.17) is 0 Å². The largest absolute Gasteiger partial charge is 0.346 e. The average Bonchev–Trinajstić information content (AvgIpc) is 3.26. The third-order valence-electron chi connectivity index (χ3n) is 9.50. The molecule has 12 nitrogen and oxygen atoms in total. The van der Waals surface area contributed by atoms with Crippen molar-refractivity contribution >= 4 is 35.4 Å². The van der Waals surface area contributed by atoms with E-state index in [-0.39, 0.29) is 42.2 Å². The number of urea groups is 1. The van der Waals surface area contributed by atoms with E-state index in [1.807, 2.05) is 76.2 Å². The van der Waals surface area contributed by atoms with Crippen LogP contribution in [0.15, 0.2) is 12.7 Å². The van der Waals surface area contributed by atoms with Crippen molar-refractivity contribution in [2.24, 2.45) is 28.1 Å². The van der Waals surface area contributed by atoms with Crippen LogP contribution in [0.2, 0.25) is 0 Å². The van der Waals surface area contributed by atoms with Gasteiger partial charge in [0, 0.05) is 26.2 Å². The van der Waals surface area contributed by atoms with Crippen molar-refractivity contribution in [1.82, 2.24) is 31.1 Å². The highest BCUT2D eigenvalue weighted by Gasteiger charge is 2.70. The third kappa shape index (κ3) is 8.67. The van der Waals surface area contributed by atoms with Crippen LogP contribution < -0.4 is 21.3 Å². The molecule has 1 aliphatic carbocycles. The number of likely N-dealkylation sites (tertiary alicyclic amines) is 1. The molecule has 0 aromatic rings. The zero-order valence-corrected chi connectivity index (χ0v) is 30.0.